The molecule has 2 aromatic rings. The summed E-state index contributed by atoms with van der Waals surface area (Å²) < 4.78 is 28.0. The molecule has 0 spiro atoms. The van der Waals surface area contributed by atoms with E-state index in [0.717, 1.165) is 6.07 Å². The summed E-state index contributed by atoms with van der Waals surface area (Å²) in [4.78, 5) is 0. The third-order valence-corrected chi connectivity index (χ3v) is 2.50. The average Bonchev–Trinajstić information content (AvgIpc) is 2.80. The highest BCUT2D eigenvalue weighted by Gasteiger charge is 2.20. The number of aliphatic hydroxyl groups excluding tert-OH is 1. The van der Waals surface area contributed by atoms with Crippen molar-refractivity contribution >= 4 is 0 Å². The molecule has 0 bridgehead atoms. The van der Waals surface area contributed by atoms with Gasteiger partial charge in [0.15, 0.2) is 11.6 Å². The van der Waals surface area contributed by atoms with E-state index in [9.17, 15) is 13.9 Å². The van der Waals surface area contributed by atoms with Crippen LogP contribution < -0.4 is 0 Å². The van der Waals surface area contributed by atoms with Gasteiger partial charge in [-0.15, -0.1) is 5.10 Å². The van der Waals surface area contributed by atoms with E-state index in [-0.39, 0.29) is 5.56 Å². The standard InChI is InChI=1S/C11H11F2N3O/c1-2-16-9(6-14-15-16)11(17)7-4-3-5-8(12)10(7)13/h3-6,11,17H,2H2,1H3. The molecule has 0 amide bonds. The average molecular weight is 239 g/mol. The van der Waals surface area contributed by atoms with Gasteiger partial charge in [0.1, 0.15) is 6.10 Å². The van der Waals surface area contributed by atoms with Gasteiger partial charge in [0.05, 0.1) is 11.9 Å². The first kappa shape index (κ1) is 11.7. The fourth-order valence-corrected chi connectivity index (χ4v) is 1.61. The highest BCUT2D eigenvalue weighted by atomic mass is 19.2. The predicted octanol–water partition coefficient (Wildman–Crippen LogP) is 1.66. The van der Waals surface area contributed by atoms with Gasteiger partial charge in [0.2, 0.25) is 0 Å². The Morgan fingerprint density at radius 1 is 1.41 bits per heavy atom. The number of hydrogen-bond donors (Lipinski definition) is 1. The van der Waals surface area contributed by atoms with Gasteiger partial charge in [0.25, 0.3) is 0 Å². The van der Waals surface area contributed by atoms with Gasteiger partial charge in [0, 0.05) is 12.1 Å². The van der Waals surface area contributed by atoms with Gasteiger partial charge >= 0.3 is 0 Å². The molecular formula is C11H11F2N3O. The minimum atomic E-state index is -1.28. The lowest BCUT2D eigenvalue weighted by atomic mass is 10.1. The first-order valence-electron chi connectivity index (χ1n) is 5.15. The number of halogens is 2. The van der Waals surface area contributed by atoms with E-state index < -0.39 is 17.7 Å². The molecule has 1 unspecified atom stereocenters. The molecule has 1 N–H and O–H groups in total. The minimum Gasteiger partial charge on any atom is -0.382 e. The van der Waals surface area contributed by atoms with Gasteiger partial charge in [-0.3, -0.25) is 0 Å². The lowest BCUT2D eigenvalue weighted by Gasteiger charge is -2.12. The number of aryl methyl sites for hydroxylation is 1. The molecule has 0 radical (unpaired) electrons. The number of rotatable bonds is 3. The molecule has 6 heteroatoms. The second-order valence-electron chi connectivity index (χ2n) is 3.52. The molecule has 17 heavy (non-hydrogen) atoms. The maximum Gasteiger partial charge on any atom is 0.165 e. The lowest BCUT2D eigenvalue weighted by Crippen LogP contribution is -2.11. The number of aromatic nitrogens is 3. The summed E-state index contributed by atoms with van der Waals surface area (Å²) in [6.45, 7) is 2.30. The molecule has 0 aliphatic heterocycles. The van der Waals surface area contributed by atoms with Crippen LogP contribution in [-0.4, -0.2) is 20.1 Å². The zero-order valence-corrected chi connectivity index (χ0v) is 9.14. The van der Waals surface area contributed by atoms with Crippen LogP contribution in [0.15, 0.2) is 24.4 Å². The van der Waals surface area contributed by atoms with Crippen molar-refractivity contribution in [3.8, 4) is 0 Å². The summed E-state index contributed by atoms with van der Waals surface area (Å²) in [5, 5.41) is 17.3. The van der Waals surface area contributed by atoms with Crippen molar-refractivity contribution < 1.29 is 13.9 Å². The Morgan fingerprint density at radius 2 is 2.18 bits per heavy atom. The van der Waals surface area contributed by atoms with E-state index in [0.29, 0.717) is 12.2 Å². The Hall–Kier alpha value is -1.82. The maximum atomic E-state index is 13.5. The summed E-state index contributed by atoms with van der Waals surface area (Å²) in [6.07, 6.45) is 0.0547. The molecule has 0 fully saturated rings. The lowest BCUT2D eigenvalue weighted by molar-refractivity contribution is 0.201. The molecule has 1 aromatic heterocycles. The molecule has 0 saturated heterocycles. The van der Waals surface area contributed by atoms with Crippen molar-refractivity contribution in [1.29, 1.82) is 0 Å². The van der Waals surface area contributed by atoms with Crippen LogP contribution in [0.4, 0.5) is 8.78 Å². The van der Waals surface area contributed by atoms with Crippen LogP contribution >= 0.6 is 0 Å². The number of nitrogens with zero attached hydrogens (tertiary/aromatic N) is 3. The largest absolute Gasteiger partial charge is 0.382 e. The summed E-state index contributed by atoms with van der Waals surface area (Å²) in [6, 6.07) is 3.67. The van der Waals surface area contributed by atoms with E-state index in [1.807, 2.05) is 6.92 Å². The Bertz CT molecular complexity index is 527. The third-order valence-electron chi connectivity index (χ3n) is 2.50. The molecule has 2 rings (SSSR count). The summed E-state index contributed by atoms with van der Waals surface area (Å²) >= 11 is 0. The van der Waals surface area contributed by atoms with Crippen LogP contribution in [0.1, 0.15) is 24.3 Å². The molecule has 0 aliphatic carbocycles. The Kier molecular flexibility index (Phi) is 3.14. The van der Waals surface area contributed by atoms with E-state index in [4.69, 9.17) is 0 Å². The number of benzene rings is 1. The van der Waals surface area contributed by atoms with Crippen molar-refractivity contribution in [2.45, 2.75) is 19.6 Å². The molecule has 0 aliphatic rings. The van der Waals surface area contributed by atoms with Crippen LogP contribution in [0.3, 0.4) is 0 Å². The second-order valence-corrected chi connectivity index (χ2v) is 3.52. The molecule has 90 valence electrons. The Balaban J connectivity index is 2.44. The molecule has 1 aromatic carbocycles. The van der Waals surface area contributed by atoms with Crippen LogP contribution in [0, 0.1) is 11.6 Å². The SMILES string of the molecule is CCn1nncc1C(O)c1cccc(F)c1F. The van der Waals surface area contributed by atoms with Crippen LogP contribution in [-0.2, 0) is 6.54 Å². The first-order valence-corrected chi connectivity index (χ1v) is 5.15. The second kappa shape index (κ2) is 4.58. The van der Waals surface area contributed by atoms with Gasteiger partial charge in [-0.05, 0) is 13.0 Å². The first-order chi connectivity index (χ1) is 8.15. The summed E-state index contributed by atoms with van der Waals surface area (Å²) in [5.74, 6) is -2.04. The van der Waals surface area contributed by atoms with Crippen molar-refractivity contribution in [3.05, 3.63) is 47.3 Å². The quantitative estimate of drug-likeness (QED) is 0.886. The van der Waals surface area contributed by atoms with Crippen LogP contribution in [0.25, 0.3) is 0 Å². The fourth-order valence-electron chi connectivity index (χ4n) is 1.61. The van der Waals surface area contributed by atoms with Crippen LogP contribution in [0.2, 0.25) is 0 Å². The van der Waals surface area contributed by atoms with Gasteiger partial charge in [-0.25, -0.2) is 13.5 Å². The maximum absolute atomic E-state index is 13.5. The number of hydrogen-bond acceptors (Lipinski definition) is 3. The Morgan fingerprint density at radius 3 is 2.88 bits per heavy atom. The van der Waals surface area contributed by atoms with E-state index in [1.165, 1.54) is 23.0 Å². The summed E-state index contributed by atoms with van der Waals surface area (Å²) in [7, 11) is 0. The molecule has 1 atom stereocenters. The Labute approximate surface area is 96.5 Å². The third kappa shape index (κ3) is 2.03. The van der Waals surface area contributed by atoms with Crippen LogP contribution in [0.5, 0.6) is 0 Å². The normalized spacial score (nSPS) is 12.7. The van der Waals surface area contributed by atoms with Crippen molar-refractivity contribution in [2.24, 2.45) is 0 Å². The number of aliphatic hydroxyl groups is 1. The van der Waals surface area contributed by atoms with Crippen molar-refractivity contribution in [3.63, 3.8) is 0 Å². The van der Waals surface area contributed by atoms with Crippen molar-refractivity contribution in [2.75, 3.05) is 0 Å². The smallest absolute Gasteiger partial charge is 0.165 e. The predicted molar refractivity (Wildman–Crippen MR) is 56.1 cm³/mol. The highest BCUT2D eigenvalue weighted by Crippen LogP contribution is 2.24. The molecule has 1 heterocycles. The highest BCUT2D eigenvalue weighted by molar-refractivity contribution is 5.26. The summed E-state index contributed by atoms with van der Waals surface area (Å²) in [5.41, 5.74) is 0.207. The monoisotopic (exact) mass is 239 g/mol. The topological polar surface area (TPSA) is 50.9 Å². The van der Waals surface area contributed by atoms with Gasteiger partial charge < -0.3 is 5.11 Å². The molecule has 0 saturated carbocycles. The van der Waals surface area contributed by atoms with E-state index in [1.54, 1.807) is 0 Å². The van der Waals surface area contributed by atoms with E-state index >= 15 is 0 Å². The zero-order chi connectivity index (χ0) is 12.4. The zero-order valence-electron chi connectivity index (χ0n) is 9.14. The molecular weight excluding hydrogens is 228 g/mol. The van der Waals surface area contributed by atoms with Gasteiger partial charge in [-0.1, -0.05) is 17.3 Å². The van der Waals surface area contributed by atoms with Gasteiger partial charge in [-0.2, -0.15) is 0 Å². The fraction of sp³-hybridized carbons (Fsp3) is 0.273. The van der Waals surface area contributed by atoms with E-state index in [2.05, 4.69) is 10.3 Å². The minimum absolute atomic E-state index is 0.123. The van der Waals surface area contributed by atoms with Crippen molar-refractivity contribution in [1.82, 2.24) is 15.0 Å². The molecule has 4 nitrogen and oxygen atoms in total.